The molecule has 1 aliphatic rings. The fourth-order valence-electron chi connectivity index (χ4n) is 2.49. The van der Waals surface area contributed by atoms with Crippen LogP contribution in [-0.2, 0) is 9.59 Å². The molecule has 2 rings (SSSR count). The van der Waals surface area contributed by atoms with Gasteiger partial charge >= 0.3 is 0 Å². The van der Waals surface area contributed by atoms with Gasteiger partial charge in [0.25, 0.3) is 5.91 Å². The van der Waals surface area contributed by atoms with Crippen LogP contribution in [0.5, 0.6) is 11.5 Å². The molecule has 130 valence electrons. The predicted molar refractivity (Wildman–Crippen MR) is 90.8 cm³/mol. The Kier molecular flexibility index (Phi) is 6.20. The molecule has 1 heterocycles. The number of nitrogens with zero attached hydrogens (tertiary/aromatic N) is 1. The van der Waals surface area contributed by atoms with Crippen molar-refractivity contribution in [1.82, 2.24) is 10.2 Å². The average Bonchev–Trinajstić information content (AvgIpc) is 2.58. The van der Waals surface area contributed by atoms with Crippen LogP contribution in [-0.4, -0.2) is 56.1 Å². The highest BCUT2D eigenvalue weighted by Crippen LogP contribution is 2.28. The molecule has 1 saturated heterocycles. The first-order chi connectivity index (χ1) is 11.5. The summed E-state index contributed by atoms with van der Waals surface area (Å²) < 4.78 is 10.5. The van der Waals surface area contributed by atoms with Crippen molar-refractivity contribution in [2.45, 2.75) is 13.0 Å². The number of primary amides is 1. The smallest absolute Gasteiger partial charge is 0.255 e. The molecule has 1 unspecified atom stereocenters. The van der Waals surface area contributed by atoms with Gasteiger partial charge in [-0.25, -0.2) is 0 Å². The van der Waals surface area contributed by atoms with Crippen molar-refractivity contribution in [3.05, 3.63) is 29.8 Å². The molecular weight excluding hydrogens is 310 g/mol. The molecule has 0 aliphatic carbocycles. The summed E-state index contributed by atoms with van der Waals surface area (Å²) in [7, 11) is 1.51. The number of nitrogens with two attached hydrogens (primary N) is 1. The summed E-state index contributed by atoms with van der Waals surface area (Å²) in [6.45, 7) is 4.12. The van der Waals surface area contributed by atoms with E-state index in [2.05, 4.69) is 5.32 Å². The lowest BCUT2D eigenvalue weighted by Gasteiger charge is -2.33. The number of carbonyl (C=O) groups is 2. The van der Waals surface area contributed by atoms with E-state index in [4.69, 9.17) is 15.2 Å². The van der Waals surface area contributed by atoms with E-state index in [1.165, 1.54) is 7.11 Å². The van der Waals surface area contributed by atoms with Crippen LogP contribution in [0.25, 0.3) is 6.08 Å². The molecule has 1 aromatic rings. The first kappa shape index (κ1) is 17.8. The first-order valence-electron chi connectivity index (χ1n) is 7.80. The van der Waals surface area contributed by atoms with Crippen LogP contribution < -0.4 is 20.5 Å². The van der Waals surface area contributed by atoms with Crippen LogP contribution in [0.1, 0.15) is 12.5 Å². The predicted octanol–water partition coefficient (Wildman–Crippen LogP) is 0.393. The van der Waals surface area contributed by atoms with E-state index >= 15 is 0 Å². The maximum Gasteiger partial charge on any atom is 0.255 e. The van der Waals surface area contributed by atoms with Crippen molar-refractivity contribution < 1.29 is 19.1 Å². The van der Waals surface area contributed by atoms with E-state index in [0.29, 0.717) is 18.0 Å². The van der Waals surface area contributed by atoms with Gasteiger partial charge in [0.15, 0.2) is 18.1 Å². The molecule has 7 heteroatoms. The van der Waals surface area contributed by atoms with Crippen molar-refractivity contribution in [2.24, 2.45) is 5.73 Å². The van der Waals surface area contributed by atoms with Crippen molar-refractivity contribution >= 4 is 17.9 Å². The Morgan fingerprint density at radius 3 is 2.88 bits per heavy atom. The quantitative estimate of drug-likeness (QED) is 0.735. The summed E-state index contributed by atoms with van der Waals surface area (Å²) in [5.74, 6) is 0.325. The van der Waals surface area contributed by atoms with Gasteiger partial charge in [-0.2, -0.15) is 0 Å². The molecule has 0 spiro atoms. The van der Waals surface area contributed by atoms with Crippen molar-refractivity contribution in [3.63, 3.8) is 0 Å². The highest BCUT2D eigenvalue weighted by atomic mass is 16.5. The summed E-state index contributed by atoms with van der Waals surface area (Å²) in [5.41, 5.74) is 5.86. The Morgan fingerprint density at radius 1 is 1.42 bits per heavy atom. The number of hydrogen-bond donors (Lipinski definition) is 2. The Hall–Kier alpha value is -2.54. The van der Waals surface area contributed by atoms with Gasteiger partial charge in [0.05, 0.1) is 7.11 Å². The van der Waals surface area contributed by atoms with Gasteiger partial charge in [0.1, 0.15) is 0 Å². The van der Waals surface area contributed by atoms with Gasteiger partial charge in [-0.15, -0.1) is 0 Å². The number of piperazine rings is 1. The number of amides is 2. The molecule has 0 aromatic heterocycles. The van der Waals surface area contributed by atoms with E-state index in [1.807, 2.05) is 11.8 Å². The monoisotopic (exact) mass is 333 g/mol. The number of ether oxygens (including phenoxy) is 2. The minimum Gasteiger partial charge on any atom is -0.493 e. The second kappa shape index (κ2) is 8.35. The third-order valence-corrected chi connectivity index (χ3v) is 3.76. The Balaban J connectivity index is 2.06. The van der Waals surface area contributed by atoms with Crippen LogP contribution in [0.2, 0.25) is 0 Å². The van der Waals surface area contributed by atoms with Crippen LogP contribution in [0, 0.1) is 0 Å². The summed E-state index contributed by atoms with van der Waals surface area (Å²) >= 11 is 0. The van der Waals surface area contributed by atoms with E-state index in [0.717, 1.165) is 18.7 Å². The molecule has 1 atom stereocenters. The molecule has 3 N–H and O–H groups in total. The fraction of sp³-hybridized carbons (Fsp3) is 0.412. The molecule has 1 aliphatic heterocycles. The van der Waals surface area contributed by atoms with Gasteiger partial charge in [-0.05, 0) is 30.7 Å². The first-order valence-corrected chi connectivity index (χ1v) is 7.80. The molecule has 2 amide bonds. The number of benzene rings is 1. The maximum absolute atomic E-state index is 12.3. The zero-order valence-corrected chi connectivity index (χ0v) is 14.0. The topological polar surface area (TPSA) is 93.9 Å². The largest absolute Gasteiger partial charge is 0.493 e. The molecule has 0 bridgehead atoms. The van der Waals surface area contributed by atoms with Crippen molar-refractivity contribution in [3.8, 4) is 11.5 Å². The SMILES string of the molecule is COc1cc(C=CC(=O)N2CCNCC2C)ccc1OCC(N)=O. The normalized spacial score (nSPS) is 17.8. The van der Waals surface area contributed by atoms with Crippen LogP contribution >= 0.6 is 0 Å². The van der Waals surface area contributed by atoms with E-state index < -0.39 is 5.91 Å². The molecule has 1 fully saturated rings. The number of methoxy groups -OCH3 is 1. The number of rotatable bonds is 6. The van der Waals surface area contributed by atoms with Crippen LogP contribution in [0.4, 0.5) is 0 Å². The van der Waals surface area contributed by atoms with Gasteiger partial charge in [0.2, 0.25) is 5.91 Å². The third kappa shape index (κ3) is 4.73. The van der Waals surface area contributed by atoms with Crippen LogP contribution in [0.15, 0.2) is 24.3 Å². The van der Waals surface area contributed by atoms with E-state index in [-0.39, 0.29) is 18.6 Å². The molecule has 7 nitrogen and oxygen atoms in total. The van der Waals surface area contributed by atoms with Crippen LogP contribution in [0.3, 0.4) is 0 Å². The summed E-state index contributed by atoms with van der Waals surface area (Å²) in [6.07, 6.45) is 3.29. The van der Waals surface area contributed by atoms with Crippen molar-refractivity contribution in [2.75, 3.05) is 33.4 Å². The van der Waals surface area contributed by atoms with E-state index in [1.54, 1.807) is 30.4 Å². The highest BCUT2D eigenvalue weighted by molar-refractivity contribution is 5.92. The number of nitrogens with one attached hydrogen (secondary N) is 1. The zero-order valence-electron chi connectivity index (χ0n) is 14.0. The lowest BCUT2D eigenvalue weighted by atomic mass is 10.1. The molecule has 1 aromatic carbocycles. The lowest BCUT2D eigenvalue weighted by Crippen LogP contribution is -2.51. The van der Waals surface area contributed by atoms with Gasteiger partial charge in [-0.1, -0.05) is 6.07 Å². The van der Waals surface area contributed by atoms with Gasteiger partial charge < -0.3 is 25.4 Å². The number of hydrogen-bond acceptors (Lipinski definition) is 5. The second-order valence-corrected chi connectivity index (χ2v) is 5.58. The second-order valence-electron chi connectivity index (χ2n) is 5.58. The Bertz CT molecular complexity index is 630. The summed E-state index contributed by atoms with van der Waals surface area (Å²) in [4.78, 5) is 24.9. The third-order valence-electron chi connectivity index (χ3n) is 3.76. The minimum atomic E-state index is -0.559. The van der Waals surface area contributed by atoms with Gasteiger partial charge in [-0.3, -0.25) is 9.59 Å². The van der Waals surface area contributed by atoms with Crippen molar-refractivity contribution in [1.29, 1.82) is 0 Å². The standard InChI is InChI=1S/C17H23N3O4/c1-12-10-19-7-8-20(12)17(22)6-4-13-3-5-14(15(9-13)23-2)24-11-16(18)21/h3-6,9,12,19H,7-8,10-11H2,1-2H3,(H2,18,21). The number of carbonyl (C=O) groups excluding carboxylic acids is 2. The molecule has 0 radical (unpaired) electrons. The minimum absolute atomic E-state index is 0.0166. The zero-order chi connectivity index (χ0) is 17.5. The molecule has 0 saturated carbocycles. The van der Waals surface area contributed by atoms with Gasteiger partial charge in [0, 0.05) is 31.8 Å². The summed E-state index contributed by atoms with van der Waals surface area (Å²) in [6, 6.07) is 5.37. The fourth-order valence-corrected chi connectivity index (χ4v) is 2.49. The average molecular weight is 333 g/mol. The lowest BCUT2D eigenvalue weighted by molar-refractivity contribution is -0.128. The molecule has 24 heavy (non-hydrogen) atoms. The Morgan fingerprint density at radius 2 is 2.21 bits per heavy atom. The molecular formula is C17H23N3O4. The van der Waals surface area contributed by atoms with E-state index in [9.17, 15) is 9.59 Å². The summed E-state index contributed by atoms with van der Waals surface area (Å²) in [5, 5.41) is 3.25. The maximum atomic E-state index is 12.3. The highest BCUT2D eigenvalue weighted by Gasteiger charge is 2.20. The Labute approximate surface area is 141 Å².